The lowest BCUT2D eigenvalue weighted by Crippen LogP contribution is -2.48. The summed E-state index contributed by atoms with van der Waals surface area (Å²) >= 11 is 0. The first-order valence-corrected chi connectivity index (χ1v) is 7.74. The summed E-state index contributed by atoms with van der Waals surface area (Å²) in [6.07, 6.45) is 0. The summed E-state index contributed by atoms with van der Waals surface area (Å²) in [6, 6.07) is 4.49. The maximum atomic E-state index is 12.8. The number of likely N-dealkylation sites (N-methyl/N-ethyl adjacent to an activating group) is 1. The summed E-state index contributed by atoms with van der Waals surface area (Å²) in [4.78, 5) is 16.7. The van der Waals surface area contributed by atoms with Crippen LogP contribution in [-0.4, -0.2) is 29.6 Å². The first-order chi connectivity index (χ1) is 9.60. The maximum Gasteiger partial charge on any atom is 0.325 e. The van der Waals surface area contributed by atoms with Crippen molar-refractivity contribution in [3.05, 3.63) is 28.8 Å². The SMILES string of the molecule is Cc1ccc(N2C(=O)N(C)C(C)(C)[C@@H]2C(C)C)c(C)c1C. The Balaban J connectivity index is 2.61. The smallest absolute Gasteiger partial charge is 0.320 e. The Kier molecular flexibility index (Phi) is 3.81. The number of hydrogen-bond donors (Lipinski definition) is 0. The third-order valence-corrected chi connectivity index (χ3v) is 5.28. The monoisotopic (exact) mass is 288 g/mol. The van der Waals surface area contributed by atoms with Gasteiger partial charge in [0.2, 0.25) is 0 Å². The third-order valence-electron chi connectivity index (χ3n) is 5.28. The predicted molar refractivity (Wildman–Crippen MR) is 89.0 cm³/mol. The highest BCUT2D eigenvalue weighted by molar-refractivity contribution is 5.97. The molecule has 116 valence electrons. The molecule has 0 aromatic heterocycles. The number of rotatable bonds is 2. The van der Waals surface area contributed by atoms with Gasteiger partial charge < -0.3 is 4.90 Å². The summed E-state index contributed by atoms with van der Waals surface area (Å²) < 4.78 is 0. The van der Waals surface area contributed by atoms with Crippen molar-refractivity contribution in [2.45, 2.75) is 60.0 Å². The molecule has 1 aliphatic rings. The topological polar surface area (TPSA) is 23.6 Å². The van der Waals surface area contributed by atoms with Crippen LogP contribution < -0.4 is 4.90 Å². The zero-order chi connectivity index (χ0) is 16.1. The number of anilines is 1. The molecule has 1 fully saturated rings. The second kappa shape index (κ2) is 5.04. The lowest BCUT2D eigenvalue weighted by atomic mass is 9.85. The van der Waals surface area contributed by atoms with Crippen molar-refractivity contribution in [2.24, 2.45) is 5.92 Å². The van der Waals surface area contributed by atoms with Crippen LogP contribution in [0, 0.1) is 26.7 Å². The van der Waals surface area contributed by atoms with Crippen LogP contribution in [0.25, 0.3) is 0 Å². The lowest BCUT2D eigenvalue weighted by Gasteiger charge is -2.36. The molecule has 3 nitrogen and oxygen atoms in total. The number of hydrogen-bond acceptors (Lipinski definition) is 1. The molecule has 0 unspecified atom stereocenters. The number of urea groups is 1. The van der Waals surface area contributed by atoms with E-state index in [4.69, 9.17) is 0 Å². The van der Waals surface area contributed by atoms with Gasteiger partial charge in [-0.05, 0) is 63.3 Å². The number of carbonyl (C=O) groups is 1. The average molecular weight is 288 g/mol. The Bertz CT molecular complexity index is 575. The molecule has 0 N–H and O–H groups in total. The van der Waals surface area contributed by atoms with Crippen LogP contribution >= 0.6 is 0 Å². The molecule has 0 spiro atoms. The van der Waals surface area contributed by atoms with Gasteiger partial charge >= 0.3 is 6.03 Å². The van der Waals surface area contributed by atoms with E-state index in [-0.39, 0.29) is 17.6 Å². The molecule has 0 saturated carbocycles. The zero-order valence-electron chi connectivity index (χ0n) is 14.6. The molecule has 1 aromatic rings. The van der Waals surface area contributed by atoms with Crippen LogP contribution in [0.1, 0.15) is 44.4 Å². The Morgan fingerprint density at radius 3 is 2.19 bits per heavy atom. The van der Waals surface area contributed by atoms with Crippen molar-refractivity contribution in [1.29, 1.82) is 0 Å². The van der Waals surface area contributed by atoms with E-state index in [0.717, 1.165) is 5.69 Å². The lowest BCUT2D eigenvalue weighted by molar-refractivity contribution is 0.177. The second-order valence-corrected chi connectivity index (χ2v) is 7.21. The number of nitrogens with zero attached hydrogens (tertiary/aromatic N) is 2. The van der Waals surface area contributed by atoms with Crippen LogP contribution in [0.5, 0.6) is 0 Å². The van der Waals surface area contributed by atoms with Crippen LogP contribution in [0.15, 0.2) is 12.1 Å². The average Bonchev–Trinajstić information content (AvgIpc) is 2.57. The summed E-state index contributed by atoms with van der Waals surface area (Å²) in [5.41, 5.74) is 4.64. The molecular formula is C18H28N2O. The van der Waals surface area contributed by atoms with E-state index in [0.29, 0.717) is 5.92 Å². The van der Waals surface area contributed by atoms with Crippen molar-refractivity contribution in [3.8, 4) is 0 Å². The summed E-state index contributed by atoms with van der Waals surface area (Å²) in [5, 5.41) is 0. The Labute approximate surface area is 128 Å². The van der Waals surface area contributed by atoms with Gasteiger partial charge in [0, 0.05) is 12.7 Å². The van der Waals surface area contributed by atoms with Crippen molar-refractivity contribution in [3.63, 3.8) is 0 Å². The maximum absolute atomic E-state index is 12.8. The van der Waals surface area contributed by atoms with Crippen molar-refractivity contribution >= 4 is 11.7 Å². The molecule has 1 saturated heterocycles. The molecule has 1 atom stereocenters. The van der Waals surface area contributed by atoms with Gasteiger partial charge in [-0.15, -0.1) is 0 Å². The molecule has 1 heterocycles. The van der Waals surface area contributed by atoms with E-state index in [1.54, 1.807) is 0 Å². The van der Waals surface area contributed by atoms with Gasteiger partial charge in [-0.2, -0.15) is 0 Å². The summed E-state index contributed by atoms with van der Waals surface area (Å²) in [7, 11) is 1.91. The highest BCUT2D eigenvalue weighted by atomic mass is 16.2. The third kappa shape index (κ3) is 2.23. The molecule has 1 aromatic carbocycles. The zero-order valence-corrected chi connectivity index (χ0v) is 14.6. The Morgan fingerprint density at radius 2 is 1.67 bits per heavy atom. The molecule has 3 heteroatoms. The van der Waals surface area contributed by atoms with Gasteiger partial charge in [-0.3, -0.25) is 4.90 Å². The van der Waals surface area contributed by atoms with Gasteiger partial charge in [0.15, 0.2) is 0 Å². The van der Waals surface area contributed by atoms with Gasteiger partial charge in [0.1, 0.15) is 0 Å². The van der Waals surface area contributed by atoms with Gasteiger partial charge in [-0.1, -0.05) is 19.9 Å². The predicted octanol–water partition coefficient (Wildman–Crippen LogP) is 4.29. The Hall–Kier alpha value is -1.51. The fraction of sp³-hybridized carbons (Fsp3) is 0.611. The van der Waals surface area contributed by atoms with Gasteiger partial charge in [0.25, 0.3) is 0 Å². The standard InChI is InChI=1S/C18H28N2O/c1-11(2)16-18(6,7)19(8)17(21)20(16)15-10-9-12(3)13(4)14(15)5/h9-11,16H,1-8H3/t16-/m0/s1. The van der Waals surface area contributed by atoms with E-state index in [2.05, 4.69) is 60.6 Å². The van der Waals surface area contributed by atoms with Crippen molar-refractivity contribution in [1.82, 2.24) is 4.90 Å². The fourth-order valence-electron chi connectivity index (χ4n) is 3.61. The minimum Gasteiger partial charge on any atom is -0.320 e. The van der Waals surface area contributed by atoms with E-state index >= 15 is 0 Å². The molecular weight excluding hydrogens is 260 g/mol. The number of benzene rings is 1. The molecule has 2 rings (SSSR count). The highest BCUT2D eigenvalue weighted by Crippen LogP contribution is 2.40. The van der Waals surface area contributed by atoms with Crippen LogP contribution in [0.2, 0.25) is 0 Å². The molecule has 0 radical (unpaired) electrons. The fourth-order valence-corrected chi connectivity index (χ4v) is 3.61. The minimum absolute atomic E-state index is 0.102. The normalized spacial score (nSPS) is 21.6. The van der Waals surface area contributed by atoms with Crippen LogP contribution in [-0.2, 0) is 0 Å². The molecule has 1 aliphatic heterocycles. The summed E-state index contributed by atoms with van der Waals surface area (Å²) in [6.45, 7) is 15.1. The van der Waals surface area contributed by atoms with Crippen molar-refractivity contribution < 1.29 is 4.79 Å². The molecule has 0 bridgehead atoms. The molecule has 2 amide bonds. The van der Waals surface area contributed by atoms with E-state index in [9.17, 15) is 4.79 Å². The first-order valence-electron chi connectivity index (χ1n) is 7.74. The number of amides is 2. The van der Waals surface area contributed by atoms with Crippen LogP contribution in [0.4, 0.5) is 10.5 Å². The first kappa shape index (κ1) is 15.9. The second-order valence-electron chi connectivity index (χ2n) is 7.21. The van der Waals surface area contributed by atoms with E-state index < -0.39 is 0 Å². The largest absolute Gasteiger partial charge is 0.325 e. The minimum atomic E-state index is -0.170. The van der Waals surface area contributed by atoms with Gasteiger partial charge in [0.05, 0.1) is 11.6 Å². The highest BCUT2D eigenvalue weighted by Gasteiger charge is 2.51. The van der Waals surface area contributed by atoms with Gasteiger partial charge in [-0.25, -0.2) is 4.79 Å². The summed E-state index contributed by atoms with van der Waals surface area (Å²) in [5.74, 6) is 0.398. The van der Waals surface area contributed by atoms with E-state index in [1.807, 2.05) is 16.8 Å². The van der Waals surface area contributed by atoms with Crippen molar-refractivity contribution in [2.75, 3.05) is 11.9 Å². The quantitative estimate of drug-likeness (QED) is 0.796. The molecule has 21 heavy (non-hydrogen) atoms. The van der Waals surface area contributed by atoms with Crippen LogP contribution in [0.3, 0.4) is 0 Å². The number of carbonyl (C=O) groups excluding carboxylic acids is 1. The number of aryl methyl sites for hydroxylation is 1. The molecule has 0 aliphatic carbocycles. The van der Waals surface area contributed by atoms with E-state index in [1.165, 1.54) is 16.7 Å². The Morgan fingerprint density at radius 1 is 1.10 bits per heavy atom.